The van der Waals surface area contributed by atoms with Crippen molar-refractivity contribution in [2.24, 2.45) is 0 Å². The van der Waals surface area contributed by atoms with Gasteiger partial charge < -0.3 is 9.64 Å². The summed E-state index contributed by atoms with van der Waals surface area (Å²) in [7, 11) is 0. The Bertz CT molecular complexity index is 335. The summed E-state index contributed by atoms with van der Waals surface area (Å²) in [6.07, 6.45) is 6.53. The van der Waals surface area contributed by atoms with Gasteiger partial charge in [0, 0.05) is 31.7 Å². The molecule has 1 heterocycles. The Morgan fingerprint density at radius 3 is 2.05 bits per heavy atom. The SMILES string of the molecule is CC(C)(C)OC(=O)N1CCN(C2(C)CCCCC2)CC1. The zero-order valence-corrected chi connectivity index (χ0v) is 13.6. The van der Waals surface area contributed by atoms with Crippen LogP contribution in [0.25, 0.3) is 0 Å². The van der Waals surface area contributed by atoms with Gasteiger partial charge >= 0.3 is 6.09 Å². The predicted molar refractivity (Wildman–Crippen MR) is 80.9 cm³/mol. The standard InChI is InChI=1S/C16H30N2O2/c1-15(2,3)20-14(19)17-10-12-18(13-11-17)16(4)8-6-5-7-9-16/h5-13H2,1-4H3. The smallest absolute Gasteiger partial charge is 0.410 e. The highest BCUT2D eigenvalue weighted by atomic mass is 16.6. The number of piperazine rings is 1. The van der Waals surface area contributed by atoms with Crippen LogP contribution in [0.4, 0.5) is 4.79 Å². The van der Waals surface area contributed by atoms with E-state index in [4.69, 9.17) is 4.74 Å². The lowest BCUT2D eigenvalue weighted by Gasteiger charge is -2.47. The Morgan fingerprint density at radius 2 is 1.55 bits per heavy atom. The maximum absolute atomic E-state index is 12.1. The first-order valence-electron chi connectivity index (χ1n) is 8.03. The number of rotatable bonds is 1. The van der Waals surface area contributed by atoms with Crippen LogP contribution in [0.15, 0.2) is 0 Å². The molecule has 1 aliphatic carbocycles. The largest absolute Gasteiger partial charge is 0.444 e. The van der Waals surface area contributed by atoms with E-state index >= 15 is 0 Å². The molecule has 1 aliphatic heterocycles. The van der Waals surface area contributed by atoms with E-state index in [1.165, 1.54) is 32.1 Å². The summed E-state index contributed by atoms with van der Waals surface area (Å²) in [5.74, 6) is 0. The average Bonchev–Trinajstić information content (AvgIpc) is 2.38. The second kappa shape index (κ2) is 5.92. The molecule has 0 N–H and O–H groups in total. The second-order valence-corrected chi connectivity index (χ2v) is 7.51. The predicted octanol–water partition coefficient (Wildman–Crippen LogP) is 3.26. The van der Waals surface area contributed by atoms with Gasteiger partial charge in [-0.1, -0.05) is 19.3 Å². The van der Waals surface area contributed by atoms with E-state index < -0.39 is 5.60 Å². The van der Waals surface area contributed by atoms with Gasteiger partial charge in [0.1, 0.15) is 5.60 Å². The highest BCUT2D eigenvalue weighted by Gasteiger charge is 2.36. The molecule has 0 aromatic rings. The van der Waals surface area contributed by atoms with Gasteiger partial charge in [0.2, 0.25) is 0 Å². The monoisotopic (exact) mass is 282 g/mol. The summed E-state index contributed by atoms with van der Waals surface area (Å²) in [6, 6.07) is 0. The minimum Gasteiger partial charge on any atom is -0.444 e. The van der Waals surface area contributed by atoms with Crippen molar-refractivity contribution in [3.05, 3.63) is 0 Å². The number of hydrogen-bond acceptors (Lipinski definition) is 3. The van der Waals surface area contributed by atoms with Crippen LogP contribution in [-0.4, -0.2) is 53.2 Å². The van der Waals surface area contributed by atoms with Gasteiger partial charge in [0.05, 0.1) is 0 Å². The fourth-order valence-electron chi connectivity index (χ4n) is 3.39. The molecule has 20 heavy (non-hydrogen) atoms. The summed E-state index contributed by atoms with van der Waals surface area (Å²) < 4.78 is 5.45. The van der Waals surface area contributed by atoms with Gasteiger partial charge in [-0.15, -0.1) is 0 Å². The molecule has 2 aliphatic rings. The third kappa shape index (κ3) is 3.87. The van der Waals surface area contributed by atoms with Crippen molar-refractivity contribution in [1.82, 2.24) is 9.80 Å². The lowest BCUT2D eigenvalue weighted by atomic mass is 9.81. The summed E-state index contributed by atoms with van der Waals surface area (Å²) >= 11 is 0. The molecule has 0 aromatic heterocycles. The molecule has 0 aromatic carbocycles. The molecule has 1 saturated carbocycles. The van der Waals surface area contributed by atoms with Crippen molar-refractivity contribution < 1.29 is 9.53 Å². The highest BCUT2D eigenvalue weighted by molar-refractivity contribution is 5.68. The van der Waals surface area contributed by atoms with E-state index in [1.807, 2.05) is 25.7 Å². The van der Waals surface area contributed by atoms with Crippen molar-refractivity contribution in [2.45, 2.75) is 70.9 Å². The van der Waals surface area contributed by atoms with Gasteiger partial charge in [0.25, 0.3) is 0 Å². The quantitative estimate of drug-likeness (QED) is 0.740. The molecule has 1 amide bonds. The molecule has 0 spiro atoms. The molecule has 0 bridgehead atoms. The molecule has 2 fully saturated rings. The molecule has 4 nitrogen and oxygen atoms in total. The third-order valence-corrected chi connectivity index (χ3v) is 4.63. The average molecular weight is 282 g/mol. The van der Waals surface area contributed by atoms with Gasteiger partial charge in [-0.2, -0.15) is 0 Å². The van der Waals surface area contributed by atoms with Gasteiger partial charge in [0.15, 0.2) is 0 Å². The number of ether oxygens (including phenoxy) is 1. The van der Waals surface area contributed by atoms with Crippen LogP contribution < -0.4 is 0 Å². The van der Waals surface area contributed by atoms with E-state index in [-0.39, 0.29) is 6.09 Å². The van der Waals surface area contributed by atoms with E-state index in [1.54, 1.807) is 0 Å². The van der Waals surface area contributed by atoms with Crippen molar-refractivity contribution >= 4 is 6.09 Å². The first-order chi connectivity index (χ1) is 9.30. The van der Waals surface area contributed by atoms with E-state index in [0.29, 0.717) is 5.54 Å². The molecule has 0 atom stereocenters. The summed E-state index contributed by atoms with van der Waals surface area (Å²) in [6.45, 7) is 11.7. The molecule has 0 radical (unpaired) electrons. The first kappa shape index (κ1) is 15.6. The lowest BCUT2D eigenvalue weighted by molar-refractivity contribution is -0.00837. The zero-order valence-electron chi connectivity index (χ0n) is 13.6. The Balaban J connectivity index is 1.84. The highest BCUT2D eigenvalue weighted by Crippen LogP contribution is 2.33. The Kier molecular flexibility index (Phi) is 4.62. The van der Waals surface area contributed by atoms with E-state index in [0.717, 1.165) is 26.2 Å². The molecule has 0 unspecified atom stereocenters. The van der Waals surface area contributed by atoms with Crippen molar-refractivity contribution in [3.63, 3.8) is 0 Å². The molecule has 1 saturated heterocycles. The molecule has 4 heteroatoms. The van der Waals surface area contributed by atoms with Crippen molar-refractivity contribution in [3.8, 4) is 0 Å². The van der Waals surface area contributed by atoms with Crippen LogP contribution in [0.5, 0.6) is 0 Å². The van der Waals surface area contributed by atoms with Gasteiger partial charge in [-0.3, -0.25) is 4.90 Å². The number of hydrogen-bond donors (Lipinski definition) is 0. The minimum absolute atomic E-state index is 0.161. The van der Waals surface area contributed by atoms with Crippen LogP contribution in [-0.2, 0) is 4.74 Å². The van der Waals surface area contributed by atoms with Crippen LogP contribution in [0.1, 0.15) is 59.8 Å². The normalized spacial score (nSPS) is 24.5. The fraction of sp³-hybridized carbons (Fsp3) is 0.938. The molecular formula is C16H30N2O2. The molecule has 2 rings (SSSR count). The lowest BCUT2D eigenvalue weighted by Crippen LogP contribution is -2.57. The number of amides is 1. The molecule has 116 valence electrons. The van der Waals surface area contributed by atoms with Gasteiger partial charge in [-0.25, -0.2) is 4.79 Å². The second-order valence-electron chi connectivity index (χ2n) is 7.51. The maximum atomic E-state index is 12.1. The summed E-state index contributed by atoms with van der Waals surface area (Å²) in [5, 5.41) is 0. The number of carbonyl (C=O) groups excluding carboxylic acids is 1. The first-order valence-corrected chi connectivity index (χ1v) is 8.03. The zero-order chi connectivity index (χ0) is 14.8. The Morgan fingerprint density at radius 1 is 1.00 bits per heavy atom. The summed E-state index contributed by atoms with van der Waals surface area (Å²) in [5.41, 5.74) is -0.0398. The van der Waals surface area contributed by atoms with Crippen LogP contribution >= 0.6 is 0 Å². The maximum Gasteiger partial charge on any atom is 0.410 e. The topological polar surface area (TPSA) is 32.8 Å². The minimum atomic E-state index is -0.399. The number of nitrogens with zero attached hydrogens (tertiary/aromatic N) is 2. The Hall–Kier alpha value is -0.770. The van der Waals surface area contributed by atoms with Crippen molar-refractivity contribution in [1.29, 1.82) is 0 Å². The summed E-state index contributed by atoms with van der Waals surface area (Å²) in [4.78, 5) is 16.5. The van der Waals surface area contributed by atoms with E-state index in [2.05, 4.69) is 11.8 Å². The van der Waals surface area contributed by atoms with Crippen LogP contribution in [0.2, 0.25) is 0 Å². The van der Waals surface area contributed by atoms with Crippen LogP contribution in [0, 0.1) is 0 Å². The Labute approximate surface area is 123 Å². The van der Waals surface area contributed by atoms with Gasteiger partial charge in [-0.05, 0) is 40.5 Å². The molecular weight excluding hydrogens is 252 g/mol. The van der Waals surface area contributed by atoms with Crippen LogP contribution in [0.3, 0.4) is 0 Å². The fourth-order valence-corrected chi connectivity index (χ4v) is 3.39. The number of carbonyl (C=O) groups is 1. The third-order valence-electron chi connectivity index (χ3n) is 4.63. The van der Waals surface area contributed by atoms with E-state index in [9.17, 15) is 4.79 Å². The van der Waals surface area contributed by atoms with Crippen molar-refractivity contribution in [2.75, 3.05) is 26.2 Å².